The Morgan fingerprint density at radius 1 is 1.25 bits per heavy atom. The molecule has 0 fully saturated rings. The minimum absolute atomic E-state index is 0.0174. The van der Waals surface area contributed by atoms with Crippen molar-refractivity contribution in [2.45, 2.75) is 11.8 Å². The average molecular weight is 371 g/mol. The quantitative estimate of drug-likeness (QED) is 0.746. The number of benzene rings is 2. The van der Waals surface area contributed by atoms with Gasteiger partial charge in [0.1, 0.15) is 0 Å². The first-order chi connectivity index (χ1) is 9.56. The maximum Gasteiger partial charge on any atom is 0.228 e. The fraction of sp³-hybridized carbons (Fsp3) is 0.133. The van der Waals surface area contributed by atoms with Gasteiger partial charge in [-0.1, -0.05) is 35.9 Å². The van der Waals surface area contributed by atoms with E-state index in [0.29, 0.717) is 11.4 Å². The number of hydrogen-bond donors (Lipinski definition) is 1. The van der Waals surface area contributed by atoms with Crippen molar-refractivity contribution in [1.82, 2.24) is 0 Å². The van der Waals surface area contributed by atoms with E-state index < -0.39 is 0 Å². The summed E-state index contributed by atoms with van der Waals surface area (Å²) in [5, 5.41) is 3.08. The molecule has 1 aliphatic rings. The Labute approximate surface area is 135 Å². The highest BCUT2D eigenvalue weighted by molar-refractivity contribution is 9.10. The monoisotopic (exact) mass is 369 g/mol. The molecule has 102 valence electrons. The molecule has 0 radical (unpaired) electrons. The second-order valence-electron chi connectivity index (χ2n) is 4.65. The second-order valence-corrected chi connectivity index (χ2v) is 6.32. The van der Waals surface area contributed by atoms with Crippen LogP contribution in [0.5, 0.6) is 0 Å². The van der Waals surface area contributed by atoms with Crippen LogP contribution in [0.15, 0.2) is 40.9 Å². The van der Waals surface area contributed by atoms with E-state index in [-0.39, 0.29) is 11.3 Å². The summed E-state index contributed by atoms with van der Waals surface area (Å²) < 4.78 is 0.820. The van der Waals surface area contributed by atoms with Gasteiger partial charge in [-0.3, -0.25) is 4.79 Å². The number of anilines is 1. The van der Waals surface area contributed by atoms with Gasteiger partial charge in [-0.25, -0.2) is 0 Å². The number of carbonyl (C=O) groups is 1. The summed E-state index contributed by atoms with van der Waals surface area (Å²) in [7, 11) is 0. The van der Waals surface area contributed by atoms with Crippen LogP contribution in [0.4, 0.5) is 5.69 Å². The van der Waals surface area contributed by atoms with Crippen LogP contribution in [0.1, 0.15) is 22.1 Å². The zero-order valence-corrected chi connectivity index (χ0v) is 13.4. The van der Waals surface area contributed by atoms with Crippen LogP contribution in [0.25, 0.3) is 0 Å². The number of carbonyl (C=O) groups excluding carboxylic acids is 1. The van der Waals surface area contributed by atoms with Crippen LogP contribution in [0, 0.1) is 0 Å². The number of amides is 1. The topological polar surface area (TPSA) is 29.1 Å². The first-order valence-corrected chi connectivity index (χ1v) is 7.67. The molecule has 2 aromatic carbocycles. The van der Waals surface area contributed by atoms with Crippen molar-refractivity contribution in [1.29, 1.82) is 0 Å². The van der Waals surface area contributed by atoms with E-state index in [0.717, 1.165) is 26.9 Å². The fourth-order valence-electron chi connectivity index (χ4n) is 2.30. The first-order valence-electron chi connectivity index (χ1n) is 6.07. The highest BCUT2D eigenvalue weighted by Gasteiger charge is 2.21. The summed E-state index contributed by atoms with van der Waals surface area (Å²) >= 11 is 16.2. The Morgan fingerprint density at radius 2 is 2.05 bits per heavy atom. The van der Waals surface area contributed by atoms with E-state index in [1.54, 1.807) is 0 Å². The van der Waals surface area contributed by atoms with Crippen molar-refractivity contribution >= 4 is 50.7 Å². The summed E-state index contributed by atoms with van der Waals surface area (Å²) in [5.74, 6) is 0.0174. The largest absolute Gasteiger partial charge is 0.326 e. The summed E-state index contributed by atoms with van der Waals surface area (Å²) in [5.41, 5.74) is 3.62. The highest BCUT2D eigenvalue weighted by atomic mass is 79.9. The lowest BCUT2D eigenvalue weighted by molar-refractivity contribution is -0.115. The zero-order chi connectivity index (χ0) is 14.3. The van der Waals surface area contributed by atoms with E-state index in [1.165, 1.54) is 0 Å². The summed E-state index contributed by atoms with van der Waals surface area (Å²) in [6, 6.07) is 11.4. The van der Waals surface area contributed by atoms with Crippen molar-refractivity contribution in [3.05, 3.63) is 62.6 Å². The Kier molecular flexibility index (Phi) is 3.76. The molecule has 0 saturated carbocycles. The van der Waals surface area contributed by atoms with E-state index >= 15 is 0 Å². The Bertz CT molecular complexity index is 702. The van der Waals surface area contributed by atoms with Gasteiger partial charge in [-0.05, 0) is 44.8 Å². The van der Waals surface area contributed by atoms with E-state index in [2.05, 4.69) is 21.2 Å². The maximum atomic E-state index is 11.4. The Balaban J connectivity index is 1.99. The third-order valence-electron chi connectivity index (χ3n) is 3.30. The van der Waals surface area contributed by atoms with Gasteiger partial charge in [0.2, 0.25) is 5.91 Å². The van der Waals surface area contributed by atoms with Crippen LogP contribution in [0.3, 0.4) is 0 Å². The van der Waals surface area contributed by atoms with Crippen molar-refractivity contribution in [2.75, 3.05) is 5.32 Å². The van der Waals surface area contributed by atoms with Crippen LogP contribution in [0.2, 0.25) is 5.02 Å². The van der Waals surface area contributed by atoms with Gasteiger partial charge >= 0.3 is 0 Å². The second kappa shape index (κ2) is 5.40. The van der Waals surface area contributed by atoms with Crippen molar-refractivity contribution in [3.8, 4) is 0 Å². The molecule has 3 rings (SSSR count). The minimum atomic E-state index is -0.346. The van der Waals surface area contributed by atoms with E-state index in [9.17, 15) is 4.79 Å². The number of halogens is 3. The number of nitrogens with one attached hydrogen (secondary N) is 1. The Hall–Kier alpha value is -1.03. The lowest BCUT2D eigenvalue weighted by Crippen LogP contribution is -2.03. The summed E-state index contributed by atoms with van der Waals surface area (Å²) in [4.78, 5) is 11.4. The van der Waals surface area contributed by atoms with Gasteiger partial charge in [-0.15, -0.1) is 11.6 Å². The molecular weight excluding hydrogens is 361 g/mol. The maximum absolute atomic E-state index is 11.4. The normalized spacial score (nSPS) is 14.8. The molecule has 1 N–H and O–H groups in total. The zero-order valence-electron chi connectivity index (χ0n) is 10.3. The van der Waals surface area contributed by atoms with Gasteiger partial charge in [0.05, 0.1) is 16.8 Å². The molecule has 1 aliphatic heterocycles. The molecule has 0 bridgehead atoms. The molecule has 1 atom stereocenters. The predicted octanol–water partition coefficient (Wildman–Crippen LogP) is 4.93. The van der Waals surface area contributed by atoms with Crippen LogP contribution < -0.4 is 5.32 Å². The first kappa shape index (κ1) is 13.9. The highest BCUT2D eigenvalue weighted by Crippen LogP contribution is 2.38. The van der Waals surface area contributed by atoms with Gasteiger partial charge in [0.15, 0.2) is 0 Å². The molecule has 2 aromatic rings. The molecule has 0 aromatic heterocycles. The Morgan fingerprint density at radius 3 is 2.85 bits per heavy atom. The number of rotatable bonds is 2. The van der Waals surface area contributed by atoms with Crippen molar-refractivity contribution in [2.24, 2.45) is 0 Å². The standard InChI is InChI=1S/C15H10BrCl2NO/c16-11-3-1-2-10(15(11)18)14(17)8-4-5-12-9(6-8)7-13(20)19-12/h1-6,14H,7H2,(H,19,20). The van der Waals surface area contributed by atoms with Gasteiger partial charge in [-0.2, -0.15) is 0 Å². The third kappa shape index (κ3) is 2.46. The minimum Gasteiger partial charge on any atom is -0.326 e. The average Bonchev–Trinajstić information content (AvgIpc) is 2.80. The third-order valence-corrected chi connectivity index (χ3v) is 5.10. The summed E-state index contributed by atoms with van der Waals surface area (Å²) in [6.45, 7) is 0. The SMILES string of the molecule is O=C1Cc2cc(C(Cl)c3cccc(Br)c3Cl)ccc2N1. The molecule has 0 saturated heterocycles. The molecule has 5 heteroatoms. The molecular formula is C15H10BrCl2NO. The molecule has 2 nitrogen and oxygen atoms in total. The molecule has 20 heavy (non-hydrogen) atoms. The number of alkyl halides is 1. The lowest BCUT2D eigenvalue weighted by Gasteiger charge is -2.14. The van der Waals surface area contributed by atoms with Crippen LogP contribution in [-0.4, -0.2) is 5.91 Å². The molecule has 0 aliphatic carbocycles. The van der Waals surface area contributed by atoms with Crippen molar-refractivity contribution < 1.29 is 4.79 Å². The van der Waals surface area contributed by atoms with Crippen LogP contribution in [-0.2, 0) is 11.2 Å². The molecule has 1 unspecified atom stereocenters. The van der Waals surface area contributed by atoms with Gasteiger partial charge in [0.25, 0.3) is 0 Å². The van der Waals surface area contributed by atoms with E-state index in [1.807, 2.05) is 36.4 Å². The predicted molar refractivity (Wildman–Crippen MR) is 85.6 cm³/mol. The number of fused-ring (bicyclic) bond motifs is 1. The van der Waals surface area contributed by atoms with Crippen LogP contribution >= 0.6 is 39.1 Å². The molecule has 1 heterocycles. The lowest BCUT2D eigenvalue weighted by atomic mass is 10.0. The molecule has 1 amide bonds. The van der Waals surface area contributed by atoms with Crippen molar-refractivity contribution in [3.63, 3.8) is 0 Å². The van der Waals surface area contributed by atoms with E-state index in [4.69, 9.17) is 23.2 Å². The van der Waals surface area contributed by atoms with Gasteiger partial charge < -0.3 is 5.32 Å². The number of hydrogen-bond acceptors (Lipinski definition) is 1. The summed E-state index contributed by atoms with van der Waals surface area (Å²) in [6.07, 6.45) is 0.402. The smallest absolute Gasteiger partial charge is 0.228 e. The fourth-order valence-corrected chi connectivity index (χ4v) is 3.29. The van der Waals surface area contributed by atoms with Gasteiger partial charge in [0, 0.05) is 10.2 Å². The molecule has 0 spiro atoms.